The Balaban J connectivity index is 2.10. The molecule has 2 aromatic rings. The van der Waals surface area contributed by atoms with Gasteiger partial charge in [0.05, 0.1) is 19.5 Å². The van der Waals surface area contributed by atoms with Crippen molar-refractivity contribution in [2.24, 2.45) is 0 Å². The normalized spacial score (nSPS) is 10.1. The van der Waals surface area contributed by atoms with Crippen LogP contribution >= 0.6 is 0 Å². The van der Waals surface area contributed by atoms with Crippen LogP contribution in [0.25, 0.3) is 0 Å². The molecule has 1 N–H and O–H groups in total. The smallest absolute Gasteiger partial charge is 0.274 e. The fourth-order valence-corrected chi connectivity index (χ4v) is 2.02. The largest absolute Gasteiger partial charge is 0.497 e. The van der Waals surface area contributed by atoms with Gasteiger partial charge in [-0.05, 0) is 26.0 Å². The van der Waals surface area contributed by atoms with Crippen molar-refractivity contribution in [3.8, 4) is 5.75 Å². The van der Waals surface area contributed by atoms with Crippen LogP contribution in [0.1, 0.15) is 24.3 Å². The molecular weight excluding hydrogens is 280 g/mol. The number of hydrogen-bond acceptors (Lipinski definition) is 5. The van der Waals surface area contributed by atoms with Gasteiger partial charge in [-0.25, -0.2) is 9.97 Å². The summed E-state index contributed by atoms with van der Waals surface area (Å²) in [5.41, 5.74) is 1.19. The average molecular weight is 300 g/mol. The van der Waals surface area contributed by atoms with Gasteiger partial charge in [-0.15, -0.1) is 0 Å². The van der Waals surface area contributed by atoms with Crippen molar-refractivity contribution in [3.05, 3.63) is 42.4 Å². The lowest BCUT2D eigenvalue weighted by Gasteiger charge is -2.17. The van der Waals surface area contributed by atoms with Crippen LogP contribution < -0.4 is 10.1 Å². The van der Waals surface area contributed by atoms with Crippen LogP contribution in [-0.4, -0.2) is 41.0 Å². The third-order valence-electron chi connectivity index (χ3n) is 3.26. The molecule has 1 amide bonds. The second-order valence-corrected chi connectivity index (χ2v) is 4.62. The number of ether oxygens (including phenoxy) is 1. The van der Waals surface area contributed by atoms with Gasteiger partial charge in [0.2, 0.25) is 0 Å². The van der Waals surface area contributed by atoms with Crippen molar-refractivity contribution in [2.45, 2.75) is 13.8 Å². The quantitative estimate of drug-likeness (QED) is 0.888. The summed E-state index contributed by atoms with van der Waals surface area (Å²) in [5.74, 6) is 1.22. The highest BCUT2D eigenvalue weighted by Gasteiger charge is 2.14. The number of carbonyl (C=O) groups is 1. The van der Waals surface area contributed by atoms with E-state index in [-0.39, 0.29) is 5.91 Å². The minimum atomic E-state index is -0.106. The summed E-state index contributed by atoms with van der Waals surface area (Å²) < 4.78 is 5.17. The number of hydrogen-bond donors (Lipinski definition) is 1. The van der Waals surface area contributed by atoms with Gasteiger partial charge >= 0.3 is 0 Å². The Morgan fingerprint density at radius 2 is 2.00 bits per heavy atom. The zero-order valence-corrected chi connectivity index (χ0v) is 13.0. The summed E-state index contributed by atoms with van der Waals surface area (Å²) in [7, 11) is 1.62. The number of amides is 1. The van der Waals surface area contributed by atoms with Gasteiger partial charge in [-0.2, -0.15) is 0 Å². The van der Waals surface area contributed by atoms with E-state index in [9.17, 15) is 4.79 Å². The average Bonchev–Trinajstić information content (AvgIpc) is 2.56. The van der Waals surface area contributed by atoms with Crippen LogP contribution in [0.2, 0.25) is 0 Å². The first-order valence-electron chi connectivity index (χ1n) is 7.20. The van der Waals surface area contributed by atoms with E-state index in [1.165, 1.54) is 6.20 Å². The first kappa shape index (κ1) is 15.8. The van der Waals surface area contributed by atoms with E-state index in [1.54, 1.807) is 18.2 Å². The van der Waals surface area contributed by atoms with Crippen LogP contribution in [0.5, 0.6) is 5.75 Å². The molecule has 0 aliphatic rings. The van der Waals surface area contributed by atoms with E-state index in [0.717, 1.165) is 11.4 Å². The molecule has 0 aliphatic carbocycles. The molecule has 1 aromatic carbocycles. The SMILES string of the molecule is CCN(CC)C(=O)c1cnc(Nc2cccc(OC)c2)cn1. The number of methoxy groups -OCH3 is 1. The van der Waals surface area contributed by atoms with Gasteiger partial charge in [-0.3, -0.25) is 4.79 Å². The lowest BCUT2D eigenvalue weighted by atomic mass is 10.3. The topological polar surface area (TPSA) is 67.4 Å². The summed E-state index contributed by atoms with van der Waals surface area (Å²) in [4.78, 5) is 22.3. The Kier molecular flexibility index (Phi) is 5.30. The molecule has 1 heterocycles. The minimum Gasteiger partial charge on any atom is -0.497 e. The molecule has 1 aromatic heterocycles. The fourth-order valence-electron chi connectivity index (χ4n) is 2.02. The predicted molar refractivity (Wildman–Crippen MR) is 85.6 cm³/mol. The van der Waals surface area contributed by atoms with Crippen molar-refractivity contribution >= 4 is 17.4 Å². The second-order valence-electron chi connectivity index (χ2n) is 4.62. The molecule has 22 heavy (non-hydrogen) atoms. The van der Waals surface area contributed by atoms with E-state index in [4.69, 9.17) is 4.74 Å². The number of benzene rings is 1. The molecule has 0 saturated carbocycles. The maximum absolute atomic E-state index is 12.1. The zero-order chi connectivity index (χ0) is 15.9. The lowest BCUT2D eigenvalue weighted by Crippen LogP contribution is -2.31. The van der Waals surface area contributed by atoms with Crippen LogP contribution in [0, 0.1) is 0 Å². The van der Waals surface area contributed by atoms with E-state index in [1.807, 2.05) is 38.1 Å². The summed E-state index contributed by atoms with van der Waals surface area (Å²) in [6.45, 7) is 5.18. The highest BCUT2D eigenvalue weighted by Crippen LogP contribution is 2.19. The molecule has 0 saturated heterocycles. The van der Waals surface area contributed by atoms with Crippen molar-refractivity contribution < 1.29 is 9.53 Å². The molecule has 6 nitrogen and oxygen atoms in total. The Morgan fingerprint density at radius 3 is 2.59 bits per heavy atom. The van der Waals surface area contributed by atoms with Gasteiger partial charge in [0.1, 0.15) is 17.3 Å². The van der Waals surface area contributed by atoms with Crippen LogP contribution in [-0.2, 0) is 0 Å². The van der Waals surface area contributed by atoms with Gasteiger partial charge < -0.3 is 15.0 Å². The van der Waals surface area contributed by atoms with Gasteiger partial charge in [0.15, 0.2) is 0 Å². The highest BCUT2D eigenvalue weighted by atomic mass is 16.5. The molecule has 116 valence electrons. The molecule has 0 aliphatic heterocycles. The molecule has 0 unspecified atom stereocenters. The monoisotopic (exact) mass is 300 g/mol. The van der Waals surface area contributed by atoms with E-state index in [0.29, 0.717) is 24.6 Å². The molecular formula is C16H20N4O2. The molecule has 0 radical (unpaired) electrons. The Labute approximate surface area is 130 Å². The van der Waals surface area contributed by atoms with Crippen molar-refractivity contribution in [2.75, 3.05) is 25.5 Å². The van der Waals surface area contributed by atoms with Gasteiger partial charge in [-0.1, -0.05) is 6.07 Å². The summed E-state index contributed by atoms with van der Waals surface area (Å²) in [5, 5.41) is 3.12. The first-order valence-corrected chi connectivity index (χ1v) is 7.20. The molecule has 0 fully saturated rings. The summed E-state index contributed by atoms with van der Waals surface area (Å²) in [6, 6.07) is 7.51. The summed E-state index contributed by atoms with van der Waals surface area (Å²) in [6.07, 6.45) is 3.04. The lowest BCUT2D eigenvalue weighted by molar-refractivity contribution is 0.0766. The number of nitrogens with one attached hydrogen (secondary N) is 1. The maximum Gasteiger partial charge on any atom is 0.274 e. The van der Waals surface area contributed by atoms with E-state index in [2.05, 4.69) is 15.3 Å². The number of anilines is 2. The van der Waals surface area contributed by atoms with Crippen molar-refractivity contribution in [1.29, 1.82) is 0 Å². The van der Waals surface area contributed by atoms with Gasteiger partial charge in [0.25, 0.3) is 5.91 Å². The first-order chi connectivity index (χ1) is 10.7. The third-order valence-corrected chi connectivity index (χ3v) is 3.26. The Morgan fingerprint density at radius 1 is 1.23 bits per heavy atom. The Bertz CT molecular complexity index is 624. The molecule has 0 spiro atoms. The maximum atomic E-state index is 12.1. The zero-order valence-electron chi connectivity index (χ0n) is 13.0. The number of carbonyl (C=O) groups excluding carboxylic acids is 1. The Hall–Kier alpha value is -2.63. The van der Waals surface area contributed by atoms with Crippen molar-refractivity contribution in [1.82, 2.24) is 14.9 Å². The van der Waals surface area contributed by atoms with Crippen LogP contribution in [0.4, 0.5) is 11.5 Å². The van der Waals surface area contributed by atoms with Crippen LogP contribution in [0.15, 0.2) is 36.7 Å². The standard InChI is InChI=1S/C16H20N4O2/c1-4-20(5-2)16(21)14-10-18-15(11-17-14)19-12-7-6-8-13(9-12)22-3/h6-11H,4-5H2,1-3H3,(H,18,19). The van der Waals surface area contributed by atoms with Crippen LogP contribution in [0.3, 0.4) is 0 Å². The summed E-state index contributed by atoms with van der Waals surface area (Å²) >= 11 is 0. The molecule has 2 rings (SSSR count). The molecule has 6 heteroatoms. The predicted octanol–water partition coefficient (Wildman–Crippen LogP) is 2.71. The minimum absolute atomic E-state index is 0.106. The number of aromatic nitrogens is 2. The third kappa shape index (κ3) is 3.72. The molecule has 0 bridgehead atoms. The van der Waals surface area contributed by atoms with E-state index < -0.39 is 0 Å². The second kappa shape index (κ2) is 7.40. The fraction of sp³-hybridized carbons (Fsp3) is 0.312. The van der Waals surface area contributed by atoms with Crippen molar-refractivity contribution in [3.63, 3.8) is 0 Å². The number of rotatable bonds is 6. The highest BCUT2D eigenvalue weighted by molar-refractivity contribution is 5.92. The van der Waals surface area contributed by atoms with E-state index >= 15 is 0 Å². The number of nitrogens with zero attached hydrogens (tertiary/aromatic N) is 3. The molecule has 0 atom stereocenters. The van der Waals surface area contributed by atoms with Gasteiger partial charge in [0, 0.05) is 24.8 Å².